The lowest BCUT2D eigenvalue weighted by Gasteiger charge is -2.21. The Labute approximate surface area is 304 Å². The van der Waals surface area contributed by atoms with Gasteiger partial charge < -0.3 is 28.1 Å². The summed E-state index contributed by atoms with van der Waals surface area (Å²) in [5.74, 6) is 2.19. The third kappa shape index (κ3) is 5.60. The first-order valence-electron chi connectivity index (χ1n) is 16.6. The molecule has 0 fully saturated rings. The highest BCUT2D eigenvalue weighted by molar-refractivity contribution is 6.11. The molecule has 0 N–H and O–H groups in total. The predicted octanol–water partition coefficient (Wildman–Crippen LogP) is 11.6. The average molecular weight is 741 g/mol. The fraction of sp³-hybridized carbons (Fsp3) is 0.143. The van der Waals surface area contributed by atoms with Crippen LogP contribution >= 0.6 is 0 Å². The summed E-state index contributed by atoms with van der Waals surface area (Å²) in [4.78, 5) is 0. The van der Waals surface area contributed by atoms with Crippen molar-refractivity contribution in [3.05, 3.63) is 120 Å². The Morgan fingerprint density at radius 2 is 0.648 bits per heavy atom. The van der Waals surface area contributed by atoms with Gasteiger partial charge in [0.25, 0.3) is 0 Å². The summed E-state index contributed by atoms with van der Waals surface area (Å²) >= 11 is 0. The Bertz CT molecular complexity index is 2450. The van der Waals surface area contributed by atoms with Gasteiger partial charge in [0.15, 0.2) is 0 Å². The van der Waals surface area contributed by atoms with Gasteiger partial charge in [0.1, 0.15) is 23.0 Å². The van der Waals surface area contributed by atoms with Crippen molar-refractivity contribution in [3.8, 4) is 45.5 Å². The molecule has 0 saturated heterocycles. The lowest BCUT2D eigenvalue weighted by atomic mass is 9.93. The maximum atomic E-state index is 14.9. The van der Waals surface area contributed by atoms with Gasteiger partial charge in [-0.15, -0.1) is 0 Å². The highest BCUT2D eigenvalue weighted by Crippen LogP contribution is 2.46. The highest BCUT2D eigenvalue weighted by atomic mass is 19.4. The molecule has 12 heteroatoms. The minimum atomic E-state index is -4.99. The maximum Gasteiger partial charge on any atom is 0.417 e. The predicted molar refractivity (Wildman–Crippen MR) is 197 cm³/mol. The first kappa shape index (κ1) is 34.8. The van der Waals surface area contributed by atoms with Gasteiger partial charge in [0.2, 0.25) is 0 Å². The van der Waals surface area contributed by atoms with E-state index in [-0.39, 0.29) is 11.4 Å². The van der Waals surface area contributed by atoms with Crippen molar-refractivity contribution >= 4 is 43.6 Å². The van der Waals surface area contributed by atoms with E-state index in [2.05, 4.69) is 0 Å². The molecule has 6 aromatic carbocycles. The lowest BCUT2D eigenvalue weighted by Crippen LogP contribution is -2.12. The van der Waals surface area contributed by atoms with Crippen LogP contribution in [-0.4, -0.2) is 37.6 Å². The van der Waals surface area contributed by atoms with E-state index < -0.39 is 34.6 Å². The second-order valence-electron chi connectivity index (χ2n) is 12.7. The molecule has 8 aromatic rings. The van der Waals surface area contributed by atoms with Gasteiger partial charge >= 0.3 is 12.4 Å². The van der Waals surface area contributed by atoms with Crippen LogP contribution < -0.4 is 18.9 Å². The first-order chi connectivity index (χ1) is 25.8. The van der Waals surface area contributed by atoms with Crippen molar-refractivity contribution in [2.75, 3.05) is 28.4 Å². The van der Waals surface area contributed by atoms with E-state index in [1.807, 2.05) is 0 Å². The van der Waals surface area contributed by atoms with E-state index in [1.165, 1.54) is 52.7 Å². The van der Waals surface area contributed by atoms with E-state index in [4.69, 9.17) is 18.9 Å². The molecular formula is C42H30F6N2O4. The number of nitrogens with zero attached hydrogens (tertiary/aromatic N) is 2. The van der Waals surface area contributed by atoms with E-state index in [9.17, 15) is 26.3 Å². The van der Waals surface area contributed by atoms with Gasteiger partial charge in [-0.25, -0.2) is 0 Å². The number of fused-ring (bicyclic) bond motifs is 6. The topological polar surface area (TPSA) is 46.8 Å². The largest absolute Gasteiger partial charge is 0.497 e. The normalized spacial score (nSPS) is 12.3. The van der Waals surface area contributed by atoms with Crippen molar-refractivity contribution in [2.45, 2.75) is 12.4 Å². The molecule has 0 atom stereocenters. The Morgan fingerprint density at radius 1 is 0.370 bits per heavy atom. The second-order valence-corrected chi connectivity index (χ2v) is 12.7. The number of aromatic nitrogens is 2. The summed E-state index contributed by atoms with van der Waals surface area (Å²) in [5.41, 5.74) is -0.825. The number of methoxy groups -OCH3 is 4. The molecule has 0 aliphatic carbocycles. The molecule has 0 amide bonds. The zero-order valence-corrected chi connectivity index (χ0v) is 29.2. The molecule has 274 valence electrons. The van der Waals surface area contributed by atoms with E-state index >= 15 is 0 Å². The molecule has 2 aromatic heterocycles. The molecule has 8 rings (SSSR count). The van der Waals surface area contributed by atoms with E-state index in [0.29, 0.717) is 66.6 Å². The molecular weight excluding hydrogens is 710 g/mol. The Hall–Kier alpha value is -6.30. The van der Waals surface area contributed by atoms with E-state index in [0.717, 1.165) is 12.1 Å². The van der Waals surface area contributed by atoms with Crippen molar-refractivity contribution in [1.29, 1.82) is 0 Å². The Morgan fingerprint density at radius 3 is 0.889 bits per heavy atom. The lowest BCUT2D eigenvalue weighted by molar-refractivity contribution is -0.139. The third-order valence-corrected chi connectivity index (χ3v) is 9.78. The van der Waals surface area contributed by atoms with Gasteiger partial charge in [-0.2, -0.15) is 26.3 Å². The Kier molecular flexibility index (Phi) is 8.16. The molecule has 6 nitrogen and oxygen atoms in total. The van der Waals surface area contributed by atoms with Crippen LogP contribution in [0.5, 0.6) is 23.0 Å². The summed E-state index contributed by atoms with van der Waals surface area (Å²) in [6.45, 7) is 0. The van der Waals surface area contributed by atoms with Crippen molar-refractivity contribution in [1.82, 2.24) is 9.13 Å². The number of halogens is 6. The number of ether oxygens (including phenoxy) is 4. The Balaban J connectivity index is 1.43. The molecule has 0 aliphatic rings. The zero-order chi connectivity index (χ0) is 38.1. The fourth-order valence-corrected chi connectivity index (χ4v) is 7.31. The number of hydrogen-bond acceptors (Lipinski definition) is 4. The summed E-state index contributed by atoms with van der Waals surface area (Å²) in [5, 5.41) is 2.84. The molecule has 0 saturated carbocycles. The number of hydrogen-bond donors (Lipinski definition) is 0. The standard InChI is InChI=1S/C42H30F6N2O4/c1-51-25-7-13-37-31(19-25)32-20-26(52-2)8-14-38(32)49(37)23-5-11-35(41(43,44)45)29(17-23)30-18-24(6-12-36(30)42(46,47)48)50-39-15-9-27(53-3)21-33(39)34-22-28(54-4)10-16-40(34)50/h5-22H,1-4H3. The summed E-state index contributed by atoms with van der Waals surface area (Å²) in [6, 6.07) is 27.6. The quantitative estimate of drug-likeness (QED) is 0.153. The first-order valence-corrected chi connectivity index (χ1v) is 16.6. The van der Waals surface area contributed by atoms with E-state index in [1.54, 1.807) is 81.9 Å². The van der Waals surface area contributed by atoms with Crippen LogP contribution in [0.1, 0.15) is 11.1 Å². The molecule has 0 aliphatic heterocycles. The van der Waals surface area contributed by atoms with Gasteiger partial charge in [0.05, 0.1) is 61.6 Å². The fourth-order valence-electron chi connectivity index (χ4n) is 7.31. The molecule has 0 spiro atoms. The summed E-state index contributed by atoms with van der Waals surface area (Å²) < 4.78 is 115. The van der Waals surface area contributed by atoms with Gasteiger partial charge in [-0.05, 0) is 120 Å². The summed E-state index contributed by atoms with van der Waals surface area (Å²) in [6.07, 6.45) is -9.98. The van der Waals surface area contributed by atoms with Gasteiger partial charge in [-0.1, -0.05) is 0 Å². The molecule has 54 heavy (non-hydrogen) atoms. The molecule has 0 radical (unpaired) electrons. The molecule has 0 bridgehead atoms. The highest BCUT2D eigenvalue weighted by Gasteiger charge is 2.39. The second kappa shape index (κ2) is 12.7. The van der Waals surface area contributed by atoms with Crippen molar-refractivity contribution < 1.29 is 45.3 Å². The minimum Gasteiger partial charge on any atom is -0.497 e. The third-order valence-electron chi connectivity index (χ3n) is 9.78. The maximum absolute atomic E-state index is 14.9. The van der Waals surface area contributed by atoms with Crippen molar-refractivity contribution in [2.24, 2.45) is 0 Å². The van der Waals surface area contributed by atoms with Crippen LogP contribution in [-0.2, 0) is 12.4 Å². The van der Waals surface area contributed by atoms with Crippen molar-refractivity contribution in [3.63, 3.8) is 0 Å². The van der Waals surface area contributed by atoms with Crippen LogP contribution in [0.25, 0.3) is 66.1 Å². The smallest absolute Gasteiger partial charge is 0.417 e. The summed E-state index contributed by atoms with van der Waals surface area (Å²) in [7, 11) is 6.07. The monoisotopic (exact) mass is 740 g/mol. The molecule has 2 heterocycles. The number of alkyl halides is 6. The minimum absolute atomic E-state index is 0.225. The van der Waals surface area contributed by atoms with Crippen LogP contribution in [0.4, 0.5) is 26.3 Å². The van der Waals surface area contributed by atoms with Gasteiger partial charge in [0, 0.05) is 32.9 Å². The van der Waals surface area contributed by atoms with Crippen LogP contribution in [0, 0.1) is 0 Å². The van der Waals surface area contributed by atoms with Crippen LogP contribution in [0.15, 0.2) is 109 Å². The van der Waals surface area contributed by atoms with Crippen LogP contribution in [0.2, 0.25) is 0 Å². The number of benzene rings is 6. The van der Waals surface area contributed by atoms with Gasteiger partial charge in [-0.3, -0.25) is 0 Å². The SMILES string of the molecule is COc1ccc2c(c1)c1cc(OC)ccc1n2-c1ccc(C(F)(F)F)c(-c2cc(-n3c4ccc(OC)cc4c4cc(OC)ccc43)ccc2C(F)(F)F)c1. The number of rotatable bonds is 7. The average Bonchev–Trinajstić information content (AvgIpc) is 3.67. The molecule has 0 unspecified atom stereocenters. The van der Waals surface area contributed by atoms with Crippen LogP contribution in [0.3, 0.4) is 0 Å². The zero-order valence-electron chi connectivity index (χ0n) is 29.2.